The quantitative estimate of drug-likeness (QED) is 0.787. The molecule has 0 spiro atoms. The van der Waals surface area contributed by atoms with E-state index in [9.17, 15) is 0 Å². The number of nitrogens with two attached hydrogens (primary N) is 1. The van der Waals surface area contributed by atoms with Crippen LogP contribution in [0.5, 0.6) is 0 Å². The summed E-state index contributed by atoms with van der Waals surface area (Å²) in [5.74, 6) is 0. The van der Waals surface area contributed by atoms with E-state index in [-0.39, 0.29) is 0 Å². The van der Waals surface area contributed by atoms with Crippen molar-refractivity contribution >= 4 is 0 Å². The van der Waals surface area contributed by atoms with E-state index in [0.717, 1.165) is 13.0 Å². The SMILES string of the molecule is Cn1nccc1CCC1(CN)CCC1. The summed E-state index contributed by atoms with van der Waals surface area (Å²) in [6.45, 7) is 0.852. The topological polar surface area (TPSA) is 43.8 Å². The summed E-state index contributed by atoms with van der Waals surface area (Å²) in [6.07, 6.45) is 8.22. The molecule has 0 unspecified atom stereocenters. The van der Waals surface area contributed by atoms with Gasteiger partial charge in [0.1, 0.15) is 0 Å². The van der Waals surface area contributed by atoms with Crippen LogP contribution in [0.15, 0.2) is 12.3 Å². The van der Waals surface area contributed by atoms with Crippen LogP contribution in [0, 0.1) is 5.41 Å². The second kappa shape index (κ2) is 3.73. The molecule has 1 aliphatic rings. The minimum atomic E-state index is 0.463. The third kappa shape index (κ3) is 1.69. The first-order chi connectivity index (χ1) is 6.76. The Labute approximate surface area is 85.3 Å². The van der Waals surface area contributed by atoms with Gasteiger partial charge in [0.05, 0.1) is 0 Å². The summed E-state index contributed by atoms with van der Waals surface area (Å²) in [6, 6.07) is 2.10. The van der Waals surface area contributed by atoms with Gasteiger partial charge in [-0.1, -0.05) is 6.42 Å². The van der Waals surface area contributed by atoms with Crippen molar-refractivity contribution < 1.29 is 0 Å². The highest BCUT2D eigenvalue weighted by Crippen LogP contribution is 2.43. The molecule has 0 saturated heterocycles. The second-order valence-corrected chi connectivity index (χ2v) is 4.50. The third-order valence-corrected chi connectivity index (χ3v) is 3.68. The number of nitrogens with zero attached hydrogens (tertiary/aromatic N) is 2. The van der Waals surface area contributed by atoms with Crippen LogP contribution in [0.4, 0.5) is 0 Å². The van der Waals surface area contributed by atoms with Gasteiger partial charge in [-0.3, -0.25) is 4.68 Å². The van der Waals surface area contributed by atoms with E-state index in [1.54, 1.807) is 0 Å². The molecular formula is C11H19N3. The smallest absolute Gasteiger partial charge is 0.0492 e. The van der Waals surface area contributed by atoms with Crippen molar-refractivity contribution in [1.29, 1.82) is 0 Å². The number of rotatable bonds is 4. The Hall–Kier alpha value is -0.830. The Morgan fingerprint density at radius 3 is 2.79 bits per heavy atom. The molecule has 1 aromatic rings. The summed E-state index contributed by atoms with van der Waals surface area (Å²) in [5, 5.41) is 4.17. The lowest BCUT2D eigenvalue weighted by Crippen LogP contribution is -2.37. The normalized spacial score (nSPS) is 19.3. The zero-order valence-electron chi connectivity index (χ0n) is 8.87. The zero-order chi connectivity index (χ0) is 10.0. The molecule has 1 aromatic heterocycles. The monoisotopic (exact) mass is 193 g/mol. The first-order valence-electron chi connectivity index (χ1n) is 5.43. The minimum Gasteiger partial charge on any atom is -0.330 e. The zero-order valence-corrected chi connectivity index (χ0v) is 8.87. The van der Waals surface area contributed by atoms with Gasteiger partial charge in [-0.05, 0) is 43.7 Å². The summed E-state index contributed by atoms with van der Waals surface area (Å²) < 4.78 is 1.96. The Balaban J connectivity index is 1.90. The van der Waals surface area contributed by atoms with Crippen LogP contribution in [0.2, 0.25) is 0 Å². The molecule has 0 amide bonds. The highest BCUT2D eigenvalue weighted by atomic mass is 15.2. The molecule has 2 N–H and O–H groups in total. The van der Waals surface area contributed by atoms with Crippen molar-refractivity contribution in [3.63, 3.8) is 0 Å². The molecule has 0 aliphatic heterocycles. The lowest BCUT2D eigenvalue weighted by atomic mass is 9.66. The average Bonchev–Trinajstić information content (AvgIpc) is 2.51. The molecule has 1 saturated carbocycles. The van der Waals surface area contributed by atoms with Gasteiger partial charge < -0.3 is 5.73 Å². The Bertz CT molecular complexity index is 294. The van der Waals surface area contributed by atoms with Crippen LogP contribution < -0.4 is 5.73 Å². The molecular weight excluding hydrogens is 174 g/mol. The molecule has 0 atom stereocenters. The average molecular weight is 193 g/mol. The standard InChI is InChI=1S/C11H19N3/c1-14-10(4-8-13-14)3-7-11(9-12)5-2-6-11/h4,8H,2-3,5-7,9,12H2,1H3. The van der Waals surface area contributed by atoms with Crippen LogP contribution in [-0.2, 0) is 13.5 Å². The van der Waals surface area contributed by atoms with Gasteiger partial charge in [0.25, 0.3) is 0 Å². The van der Waals surface area contributed by atoms with Crippen LogP contribution in [0.3, 0.4) is 0 Å². The van der Waals surface area contributed by atoms with Gasteiger partial charge in [-0.2, -0.15) is 5.10 Å². The first-order valence-corrected chi connectivity index (χ1v) is 5.43. The van der Waals surface area contributed by atoms with Gasteiger partial charge in [-0.25, -0.2) is 0 Å². The van der Waals surface area contributed by atoms with Crippen molar-refractivity contribution in [2.45, 2.75) is 32.1 Å². The van der Waals surface area contributed by atoms with E-state index in [0.29, 0.717) is 5.41 Å². The van der Waals surface area contributed by atoms with E-state index in [4.69, 9.17) is 5.73 Å². The number of hydrogen-bond acceptors (Lipinski definition) is 2. The number of hydrogen-bond donors (Lipinski definition) is 1. The molecule has 3 nitrogen and oxygen atoms in total. The maximum atomic E-state index is 5.82. The predicted molar refractivity (Wildman–Crippen MR) is 56.9 cm³/mol. The maximum absolute atomic E-state index is 5.82. The number of aromatic nitrogens is 2. The molecule has 78 valence electrons. The Morgan fingerprint density at radius 2 is 2.36 bits per heavy atom. The fourth-order valence-corrected chi connectivity index (χ4v) is 2.27. The van der Waals surface area contributed by atoms with Gasteiger partial charge in [0.15, 0.2) is 0 Å². The summed E-state index contributed by atoms with van der Waals surface area (Å²) >= 11 is 0. The second-order valence-electron chi connectivity index (χ2n) is 4.50. The van der Waals surface area contributed by atoms with Gasteiger partial charge in [0, 0.05) is 18.9 Å². The van der Waals surface area contributed by atoms with Crippen molar-refractivity contribution in [2.24, 2.45) is 18.2 Å². The highest BCUT2D eigenvalue weighted by molar-refractivity contribution is 5.02. The van der Waals surface area contributed by atoms with E-state index in [1.807, 2.05) is 17.9 Å². The van der Waals surface area contributed by atoms with Crippen molar-refractivity contribution in [3.05, 3.63) is 18.0 Å². The van der Waals surface area contributed by atoms with Gasteiger partial charge >= 0.3 is 0 Å². The Morgan fingerprint density at radius 1 is 1.57 bits per heavy atom. The van der Waals surface area contributed by atoms with Crippen molar-refractivity contribution in [2.75, 3.05) is 6.54 Å². The highest BCUT2D eigenvalue weighted by Gasteiger charge is 2.34. The lowest BCUT2D eigenvalue weighted by molar-refractivity contribution is 0.130. The van der Waals surface area contributed by atoms with Gasteiger partial charge in [-0.15, -0.1) is 0 Å². The minimum absolute atomic E-state index is 0.463. The van der Waals surface area contributed by atoms with Crippen molar-refractivity contribution in [3.8, 4) is 0 Å². The summed E-state index contributed by atoms with van der Waals surface area (Å²) in [5.41, 5.74) is 7.61. The van der Waals surface area contributed by atoms with Crippen LogP contribution >= 0.6 is 0 Å². The lowest BCUT2D eigenvalue weighted by Gasteiger charge is -2.41. The third-order valence-electron chi connectivity index (χ3n) is 3.68. The van der Waals surface area contributed by atoms with E-state index < -0.39 is 0 Å². The molecule has 0 aromatic carbocycles. The fourth-order valence-electron chi connectivity index (χ4n) is 2.27. The number of aryl methyl sites for hydroxylation is 2. The van der Waals surface area contributed by atoms with Crippen LogP contribution in [0.1, 0.15) is 31.4 Å². The van der Waals surface area contributed by atoms with Crippen LogP contribution in [-0.4, -0.2) is 16.3 Å². The maximum Gasteiger partial charge on any atom is 0.0492 e. The largest absolute Gasteiger partial charge is 0.330 e. The Kier molecular flexibility index (Phi) is 2.59. The summed E-state index contributed by atoms with van der Waals surface area (Å²) in [7, 11) is 2.01. The molecule has 1 aliphatic carbocycles. The summed E-state index contributed by atoms with van der Waals surface area (Å²) in [4.78, 5) is 0. The van der Waals surface area contributed by atoms with E-state index >= 15 is 0 Å². The van der Waals surface area contributed by atoms with Crippen LogP contribution in [0.25, 0.3) is 0 Å². The molecule has 2 rings (SSSR count). The van der Waals surface area contributed by atoms with Gasteiger partial charge in [0.2, 0.25) is 0 Å². The molecule has 1 heterocycles. The first kappa shape index (κ1) is 9.71. The molecule has 3 heteroatoms. The van der Waals surface area contributed by atoms with Crippen molar-refractivity contribution in [1.82, 2.24) is 9.78 Å². The molecule has 0 radical (unpaired) electrons. The van der Waals surface area contributed by atoms with E-state index in [2.05, 4.69) is 11.2 Å². The predicted octanol–water partition coefficient (Wildman–Crippen LogP) is 1.48. The molecule has 14 heavy (non-hydrogen) atoms. The molecule has 0 bridgehead atoms. The molecule has 1 fully saturated rings. The fraction of sp³-hybridized carbons (Fsp3) is 0.727. The van der Waals surface area contributed by atoms with E-state index in [1.165, 1.54) is 31.4 Å².